The lowest BCUT2D eigenvalue weighted by Crippen LogP contribution is -2.09. The monoisotopic (exact) mass is 281 g/mol. The Labute approximate surface area is 83.6 Å². The molecule has 0 radical (unpaired) electrons. The zero-order valence-corrected chi connectivity index (χ0v) is 8.65. The summed E-state index contributed by atoms with van der Waals surface area (Å²) in [4.78, 5) is 10.00. The first-order valence-corrected chi connectivity index (χ1v) is 4.63. The molecule has 1 aliphatic carbocycles. The van der Waals surface area contributed by atoms with E-state index in [4.69, 9.17) is 4.74 Å². The Hall–Kier alpha value is -0.590. The lowest BCUT2D eigenvalue weighted by atomic mass is 10.1. The molecule has 0 spiro atoms. The molecule has 1 aliphatic rings. The van der Waals surface area contributed by atoms with Gasteiger partial charge in [-0.15, -0.1) is 0 Å². The highest BCUT2D eigenvalue weighted by Gasteiger charge is 2.19. The van der Waals surface area contributed by atoms with Gasteiger partial charge in [0.05, 0.1) is 18.1 Å². The van der Waals surface area contributed by atoms with Crippen molar-refractivity contribution in [3.63, 3.8) is 0 Å². The SMILES string of the molecule is COC1=CC([N+](=O)[O-])=CC(I)C1. The van der Waals surface area contributed by atoms with Gasteiger partial charge in [0.2, 0.25) is 0 Å². The van der Waals surface area contributed by atoms with Crippen LogP contribution in [0, 0.1) is 10.1 Å². The Balaban J connectivity index is 2.86. The molecule has 0 aromatic heterocycles. The Morgan fingerprint density at radius 2 is 2.50 bits per heavy atom. The Bertz CT molecular complexity index is 259. The highest BCUT2D eigenvalue weighted by atomic mass is 127. The van der Waals surface area contributed by atoms with Gasteiger partial charge < -0.3 is 4.74 Å². The zero-order chi connectivity index (χ0) is 9.14. The fourth-order valence-corrected chi connectivity index (χ4v) is 1.77. The molecule has 66 valence electrons. The summed E-state index contributed by atoms with van der Waals surface area (Å²) in [6.45, 7) is 0. The summed E-state index contributed by atoms with van der Waals surface area (Å²) in [5.74, 6) is 0.670. The van der Waals surface area contributed by atoms with Crippen molar-refractivity contribution in [3.05, 3.63) is 33.7 Å². The molecule has 1 rings (SSSR count). The molecule has 4 nitrogen and oxygen atoms in total. The minimum atomic E-state index is -0.399. The van der Waals surface area contributed by atoms with E-state index in [-0.39, 0.29) is 9.62 Å². The number of alkyl halides is 1. The molecule has 0 saturated heterocycles. The van der Waals surface area contributed by atoms with Gasteiger partial charge in [-0.2, -0.15) is 0 Å². The van der Waals surface area contributed by atoms with Gasteiger partial charge in [0.15, 0.2) is 0 Å². The van der Waals surface area contributed by atoms with Crippen molar-refractivity contribution in [2.24, 2.45) is 0 Å². The molecule has 0 aromatic carbocycles. The van der Waals surface area contributed by atoms with Crippen LogP contribution in [0.3, 0.4) is 0 Å². The lowest BCUT2D eigenvalue weighted by molar-refractivity contribution is -0.419. The second-order valence-electron chi connectivity index (χ2n) is 2.38. The normalized spacial score (nSPS) is 22.7. The summed E-state index contributed by atoms with van der Waals surface area (Å²) in [5, 5.41) is 10.4. The van der Waals surface area contributed by atoms with Gasteiger partial charge in [-0.1, -0.05) is 22.6 Å². The van der Waals surface area contributed by atoms with E-state index in [0.717, 1.165) is 6.42 Å². The number of nitro groups is 1. The van der Waals surface area contributed by atoms with E-state index in [1.807, 2.05) is 0 Å². The van der Waals surface area contributed by atoms with Gasteiger partial charge in [0.1, 0.15) is 5.76 Å². The van der Waals surface area contributed by atoms with Crippen LogP contribution in [0.2, 0.25) is 0 Å². The predicted octanol–water partition coefficient (Wildman–Crippen LogP) is 1.88. The molecule has 0 amide bonds. The maximum absolute atomic E-state index is 10.4. The van der Waals surface area contributed by atoms with Gasteiger partial charge in [0, 0.05) is 16.4 Å². The first kappa shape index (κ1) is 9.50. The van der Waals surface area contributed by atoms with Gasteiger partial charge in [-0.3, -0.25) is 10.1 Å². The summed E-state index contributed by atoms with van der Waals surface area (Å²) in [7, 11) is 1.53. The molecular weight excluding hydrogens is 273 g/mol. The van der Waals surface area contributed by atoms with Crippen LogP contribution in [0.1, 0.15) is 6.42 Å². The Morgan fingerprint density at radius 3 is 3.00 bits per heavy atom. The minimum Gasteiger partial charge on any atom is -0.501 e. The second kappa shape index (κ2) is 3.88. The van der Waals surface area contributed by atoms with E-state index >= 15 is 0 Å². The summed E-state index contributed by atoms with van der Waals surface area (Å²) in [6.07, 6.45) is 3.83. The first-order valence-electron chi connectivity index (χ1n) is 3.38. The fraction of sp³-hybridized carbons (Fsp3) is 0.429. The molecule has 0 aliphatic heterocycles. The number of methoxy groups -OCH3 is 1. The van der Waals surface area contributed by atoms with Gasteiger partial charge in [0.25, 0.3) is 5.70 Å². The topological polar surface area (TPSA) is 52.4 Å². The van der Waals surface area contributed by atoms with Gasteiger partial charge in [-0.05, 0) is 0 Å². The van der Waals surface area contributed by atoms with Crippen LogP contribution in [0.25, 0.3) is 0 Å². The van der Waals surface area contributed by atoms with Gasteiger partial charge in [-0.25, -0.2) is 0 Å². The molecule has 0 aromatic rings. The van der Waals surface area contributed by atoms with Crippen molar-refractivity contribution in [1.29, 1.82) is 0 Å². The number of rotatable bonds is 2. The van der Waals surface area contributed by atoms with Crippen LogP contribution in [0.15, 0.2) is 23.6 Å². The zero-order valence-electron chi connectivity index (χ0n) is 6.49. The minimum absolute atomic E-state index is 0.123. The molecule has 1 atom stereocenters. The predicted molar refractivity (Wildman–Crippen MR) is 52.6 cm³/mol. The van der Waals surface area contributed by atoms with Crippen molar-refractivity contribution < 1.29 is 9.66 Å². The smallest absolute Gasteiger partial charge is 0.269 e. The van der Waals surface area contributed by atoms with E-state index in [2.05, 4.69) is 22.6 Å². The average molecular weight is 281 g/mol. The quantitative estimate of drug-likeness (QED) is 0.336. The molecule has 0 saturated carbocycles. The largest absolute Gasteiger partial charge is 0.501 e. The number of halogens is 1. The molecule has 0 fully saturated rings. The molecule has 1 unspecified atom stereocenters. The highest BCUT2D eigenvalue weighted by molar-refractivity contribution is 14.1. The second-order valence-corrected chi connectivity index (χ2v) is 3.98. The third-order valence-electron chi connectivity index (χ3n) is 1.53. The number of allylic oxidation sites excluding steroid dienone is 3. The van der Waals surface area contributed by atoms with Crippen molar-refractivity contribution in [2.75, 3.05) is 7.11 Å². The van der Waals surface area contributed by atoms with Crippen molar-refractivity contribution in [1.82, 2.24) is 0 Å². The van der Waals surface area contributed by atoms with E-state index < -0.39 is 4.92 Å². The number of ether oxygens (including phenoxy) is 1. The maximum Gasteiger partial charge on any atom is 0.269 e. The first-order chi connectivity index (χ1) is 5.63. The lowest BCUT2D eigenvalue weighted by Gasteiger charge is -2.12. The standard InChI is InChI=1S/C7H8INO3/c1-12-7-3-5(8)2-6(4-7)9(10)11/h2,4-5H,3H2,1H3. The molecule has 12 heavy (non-hydrogen) atoms. The summed E-state index contributed by atoms with van der Waals surface area (Å²) in [6, 6.07) is 0. The van der Waals surface area contributed by atoms with Crippen LogP contribution in [-0.4, -0.2) is 16.0 Å². The molecular formula is C7H8INO3. The van der Waals surface area contributed by atoms with Crippen molar-refractivity contribution in [2.45, 2.75) is 10.3 Å². The maximum atomic E-state index is 10.4. The summed E-state index contributed by atoms with van der Waals surface area (Å²) >= 11 is 2.14. The van der Waals surface area contributed by atoms with Gasteiger partial charge >= 0.3 is 0 Å². The number of hydrogen-bond donors (Lipinski definition) is 0. The van der Waals surface area contributed by atoms with E-state index in [9.17, 15) is 10.1 Å². The van der Waals surface area contributed by atoms with Crippen molar-refractivity contribution >= 4 is 22.6 Å². The molecule has 0 heterocycles. The van der Waals surface area contributed by atoms with Crippen LogP contribution in [0.4, 0.5) is 0 Å². The van der Waals surface area contributed by atoms with Crippen LogP contribution >= 0.6 is 22.6 Å². The van der Waals surface area contributed by atoms with Crippen molar-refractivity contribution in [3.8, 4) is 0 Å². The summed E-state index contributed by atoms with van der Waals surface area (Å²) < 4.78 is 5.11. The van der Waals surface area contributed by atoms with E-state index in [0.29, 0.717) is 5.76 Å². The number of nitrogens with zero attached hydrogens (tertiary/aromatic N) is 1. The third kappa shape index (κ3) is 2.20. The van der Waals surface area contributed by atoms with Crippen LogP contribution in [0.5, 0.6) is 0 Å². The fourth-order valence-electron chi connectivity index (χ4n) is 0.964. The molecule has 0 N–H and O–H groups in total. The summed E-state index contributed by atoms with van der Waals surface area (Å²) in [5.41, 5.74) is 0.123. The van der Waals surface area contributed by atoms with E-state index in [1.165, 1.54) is 13.2 Å². The van der Waals surface area contributed by atoms with Crippen LogP contribution < -0.4 is 0 Å². The Morgan fingerprint density at radius 1 is 1.83 bits per heavy atom. The molecule has 5 heteroatoms. The van der Waals surface area contributed by atoms with E-state index in [1.54, 1.807) is 6.08 Å². The third-order valence-corrected chi connectivity index (χ3v) is 2.33. The highest BCUT2D eigenvalue weighted by Crippen LogP contribution is 2.23. The average Bonchev–Trinajstić information content (AvgIpc) is 2.03. The Kier molecular flexibility index (Phi) is 3.07. The van der Waals surface area contributed by atoms with Crippen LogP contribution in [-0.2, 0) is 4.74 Å². The molecule has 0 bridgehead atoms. The number of hydrogen-bond acceptors (Lipinski definition) is 3.